The summed E-state index contributed by atoms with van der Waals surface area (Å²) in [7, 11) is 0. The summed E-state index contributed by atoms with van der Waals surface area (Å²) in [6, 6.07) is 0. The second kappa shape index (κ2) is 12.6. The van der Waals surface area contributed by atoms with Crippen molar-refractivity contribution >= 4 is 17.9 Å². The molecule has 6 heteroatoms. The normalized spacial score (nSPS) is 10.5. The molecule has 3 N–H and O–H groups in total. The molecular formula is C13H24O6. The zero-order chi connectivity index (χ0) is 16.2. The summed E-state index contributed by atoms with van der Waals surface area (Å²) in [5, 5.41) is 24.1. The minimum atomic E-state index is -0.824. The van der Waals surface area contributed by atoms with Crippen LogP contribution in [0.3, 0.4) is 0 Å². The van der Waals surface area contributed by atoms with Gasteiger partial charge in [0.05, 0.1) is 17.8 Å². The van der Waals surface area contributed by atoms with Crippen molar-refractivity contribution in [3.05, 3.63) is 12.7 Å². The van der Waals surface area contributed by atoms with Crippen molar-refractivity contribution in [2.75, 3.05) is 0 Å². The number of carbonyl (C=O) groups is 3. The fraction of sp³-hybridized carbons (Fsp3) is 0.615. The van der Waals surface area contributed by atoms with Crippen LogP contribution in [-0.4, -0.2) is 33.2 Å². The molecule has 0 saturated carbocycles. The Bertz CT molecular complexity index is 276. The van der Waals surface area contributed by atoms with Crippen LogP contribution in [0.5, 0.6) is 0 Å². The topological polar surface area (TPSA) is 112 Å². The minimum Gasteiger partial charge on any atom is -0.481 e. The van der Waals surface area contributed by atoms with Crippen molar-refractivity contribution in [1.29, 1.82) is 0 Å². The molecule has 0 spiro atoms. The van der Waals surface area contributed by atoms with Gasteiger partial charge in [-0.2, -0.15) is 0 Å². The van der Waals surface area contributed by atoms with Gasteiger partial charge in [-0.15, -0.1) is 6.58 Å². The third-order valence-electron chi connectivity index (χ3n) is 1.73. The number of hydrogen-bond donors (Lipinski definition) is 3. The van der Waals surface area contributed by atoms with Gasteiger partial charge in [0.1, 0.15) is 0 Å². The van der Waals surface area contributed by atoms with E-state index < -0.39 is 23.8 Å². The van der Waals surface area contributed by atoms with Crippen LogP contribution in [0.15, 0.2) is 12.7 Å². The zero-order valence-electron chi connectivity index (χ0n) is 12.1. The Hall–Kier alpha value is -1.85. The van der Waals surface area contributed by atoms with Gasteiger partial charge < -0.3 is 15.3 Å². The first-order chi connectivity index (χ1) is 8.47. The van der Waals surface area contributed by atoms with E-state index in [1.165, 1.54) is 6.08 Å². The van der Waals surface area contributed by atoms with Crippen molar-refractivity contribution in [3.63, 3.8) is 0 Å². The minimum absolute atomic E-state index is 0.231. The molecule has 19 heavy (non-hydrogen) atoms. The molecule has 0 heterocycles. The number of hydrogen-bond acceptors (Lipinski definition) is 3. The average molecular weight is 276 g/mol. The van der Waals surface area contributed by atoms with Crippen LogP contribution in [0.2, 0.25) is 0 Å². The van der Waals surface area contributed by atoms with Crippen LogP contribution in [0.25, 0.3) is 0 Å². The number of carboxylic acids is 3. The lowest BCUT2D eigenvalue weighted by Crippen LogP contribution is -2.04. The fourth-order valence-corrected chi connectivity index (χ4v) is 0.101. The Kier molecular flexibility index (Phi) is 14.8. The van der Waals surface area contributed by atoms with Gasteiger partial charge in [-0.3, -0.25) is 14.4 Å². The summed E-state index contributed by atoms with van der Waals surface area (Å²) in [5.41, 5.74) is 0. The Morgan fingerprint density at radius 1 is 0.789 bits per heavy atom. The van der Waals surface area contributed by atoms with E-state index in [4.69, 9.17) is 15.3 Å². The molecule has 6 nitrogen and oxygen atoms in total. The summed E-state index contributed by atoms with van der Waals surface area (Å²) in [6.45, 7) is 11.4. The Morgan fingerprint density at radius 3 is 1.00 bits per heavy atom. The maximum atomic E-state index is 9.86. The van der Waals surface area contributed by atoms with Gasteiger partial charge in [0.25, 0.3) is 0 Å². The SMILES string of the molecule is C=CC(C)C(=O)O.CC(C)C(=O)O.CC(C)C(=O)O. The summed E-state index contributed by atoms with van der Waals surface area (Å²) >= 11 is 0. The molecular weight excluding hydrogens is 252 g/mol. The molecule has 0 aromatic heterocycles. The summed E-state index contributed by atoms with van der Waals surface area (Å²) in [4.78, 5) is 29.3. The molecule has 0 aliphatic heterocycles. The standard InChI is InChI=1S/C5H8O2.2C4H8O2/c1-3-4(2)5(6)7;2*1-3(2)4(5)6/h3-4H,1H2,2H3,(H,6,7);2*3H,1-2H3,(H,5,6). The maximum absolute atomic E-state index is 9.86. The highest BCUT2D eigenvalue weighted by molar-refractivity contribution is 5.71. The van der Waals surface area contributed by atoms with E-state index in [1.807, 2.05) is 0 Å². The molecule has 0 saturated heterocycles. The molecule has 0 aromatic rings. The van der Waals surface area contributed by atoms with Gasteiger partial charge in [0.15, 0.2) is 0 Å². The molecule has 1 atom stereocenters. The summed E-state index contributed by atoms with van der Waals surface area (Å²) < 4.78 is 0. The monoisotopic (exact) mass is 276 g/mol. The molecule has 0 aromatic carbocycles. The van der Waals surface area contributed by atoms with Gasteiger partial charge in [0.2, 0.25) is 0 Å². The molecule has 0 aliphatic rings. The zero-order valence-corrected chi connectivity index (χ0v) is 12.1. The third kappa shape index (κ3) is 21.9. The fourth-order valence-electron chi connectivity index (χ4n) is 0.101. The lowest BCUT2D eigenvalue weighted by Gasteiger charge is -1.92. The average Bonchev–Trinajstić information content (AvgIpc) is 2.29. The van der Waals surface area contributed by atoms with Crippen molar-refractivity contribution in [2.24, 2.45) is 17.8 Å². The lowest BCUT2D eigenvalue weighted by atomic mass is 10.2. The van der Waals surface area contributed by atoms with E-state index >= 15 is 0 Å². The molecule has 0 fully saturated rings. The van der Waals surface area contributed by atoms with Crippen LogP contribution in [0, 0.1) is 17.8 Å². The van der Waals surface area contributed by atoms with Crippen LogP contribution in [-0.2, 0) is 14.4 Å². The lowest BCUT2D eigenvalue weighted by molar-refractivity contribution is -0.141. The molecule has 0 aliphatic carbocycles. The van der Waals surface area contributed by atoms with Crippen molar-refractivity contribution < 1.29 is 29.7 Å². The third-order valence-corrected chi connectivity index (χ3v) is 1.73. The molecule has 0 bridgehead atoms. The quantitative estimate of drug-likeness (QED) is 0.679. The second-order valence-electron chi connectivity index (χ2n) is 4.35. The van der Waals surface area contributed by atoms with Crippen LogP contribution >= 0.6 is 0 Å². The number of carboxylic acid groups (broad SMARTS) is 3. The molecule has 1 unspecified atom stereocenters. The van der Waals surface area contributed by atoms with Crippen LogP contribution < -0.4 is 0 Å². The van der Waals surface area contributed by atoms with Crippen molar-refractivity contribution in [1.82, 2.24) is 0 Å². The first-order valence-corrected chi connectivity index (χ1v) is 5.78. The van der Waals surface area contributed by atoms with Crippen molar-refractivity contribution in [3.8, 4) is 0 Å². The van der Waals surface area contributed by atoms with E-state index in [9.17, 15) is 14.4 Å². The predicted molar refractivity (Wildman–Crippen MR) is 71.9 cm³/mol. The van der Waals surface area contributed by atoms with Gasteiger partial charge in [-0.25, -0.2) is 0 Å². The van der Waals surface area contributed by atoms with E-state index in [2.05, 4.69) is 6.58 Å². The van der Waals surface area contributed by atoms with E-state index in [1.54, 1.807) is 34.6 Å². The summed E-state index contributed by atoms with van der Waals surface area (Å²) in [5.74, 6) is -3.19. The van der Waals surface area contributed by atoms with Gasteiger partial charge in [-0.1, -0.05) is 33.8 Å². The van der Waals surface area contributed by atoms with Crippen LogP contribution in [0.1, 0.15) is 34.6 Å². The molecule has 112 valence electrons. The highest BCUT2D eigenvalue weighted by Crippen LogP contribution is 1.92. The van der Waals surface area contributed by atoms with Gasteiger partial charge >= 0.3 is 17.9 Å². The number of rotatable bonds is 4. The Labute approximate surface area is 113 Å². The molecule has 0 rings (SSSR count). The van der Waals surface area contributed by atoms with Gasteiger partial charge in [0, 0.05) is 0 Å². The largest absolute Gasteiger partial charge is 0.481 e. The second-order valence-corrected chi connectivity index (χ2v) is 4.35. The molecule has 0 amide bonds. The van der Waals surface area contributed by atoms with E-state index in [-0.39, 0.29) is 11.8 Å². The highest BCUT2D eigenvalue weighted by Gasteiger charge is 2.02. The first-order valence-electron chi connectivity index (χ1n) is 5.78. The predicted octanol–water partition coefficient (Wildman–Crippen LogP) is 2.35. The van der Waals surface area contributed by atoms with Crippen molar-refractivity contribution in [2.45, 2.75) is 34.6 Å². The Balaban J connectivity index is -0.000000203. The maximum Gasteiger partial charge on any atom is 0.310 e. The summed E-state index contributed by atoms with van der Waals surface area (Å²) in [6.07, 6.45) is 1.39. The van der Waals surface area contributed by atoms with E-state index in [0.717, 1.165) is 0 Å². The smallest absolute Gasteiger partial charge is 0.310 e. The Morgan fingerprint density at radius 2 is 1.00 bits per heavy atom. The number of aliphatic carboxylic acids is 3. The van der Waals surface area contributed by atoms with E-state index in [0.29, 0.717) is 0 Å². The van der Waals surface area contributed by atoms with Crippen LogP contribution in [0.4, 0.5) is 0 Å². The highest BCUT2D eigenvalue weighted by atomic mass is 16.4. The first kappa shape index (κ1) is 22.3. The molecule has 0 radical (unpaired) electrons. The van der Waals surface area contributed by atoms with Gasteiger partial charge in [-0.05, 0) is 6.92 Å².